The molecule has 1 aliphatic heterocycles. The summed E-state index contributed by atoms with van der Waals surface area (Å²) < 4.78 is 14.9. The van der Waals surface area contributed by atoms with Crippen molar-refractivity contribution in [2.75, 3.05) is 13.7 Å². The number of rotatable bonds is 7. The molecule has 1 N–H and O–H groups in total. The van der Waals surface area contributed by atoms with Crippen LogP contribution in [0.2, 0.25) is 0 Å². The number of esters is 1. The van der Waals surface area contributed by atoms with Crippen molar-refractivity contribution in [3.05, 3.63) is 35.9 Å². The van der Waals surface area contributed by atoms with Gasteiger partial charge in [-0.2, -0.15) is 0 Å². The molecule has 0 radical (unpaired) electrons. The first-order valence-electron chi connectivity index (χ1n) is 6.84. The Balaban J connectivity index is 1.74. The first-order valence-corrected chi connectivity index (χ1v) is 6.84. The van der Waals surface area contributed by atoms with Crippen molar-refractivity contribution in [3.8, 4) is 0 Å². The fraction of sp³-hybridized carbons (Fsp3) is 0.467. The van der Waals surface area contributed by atoms with Crippen LogP contribution >= 0.6 is 0 Å². The predicted octanol–water partition coefficient (Wildman–Crippen LogP) is 1.63. The molecule has 1 aliphatic rings. The molecular weight excluding hydrogens is 274 g/mol. The zero-order chi connectivity index (χ0) is 15.1. The van der Waals surface area contributed by atoms with Crippen LogP contribution < -0.4 is 5.32 Å². The van der Waals surface area contributed by atoms with Crippen molar-refractivity contribution in [2.24, 2.45) is 0 Å². The van der Waals surface area contributed by atoms with E-state index in [1.165, 1.54) is 7.11 Å². The number of benzene rings is 1. The van der Waals surface area contributed by atoms with E-state index in [1.807, 2.05) is 30.3 Å². The van der Waals surface area contributed by atoms with Crippen LogP contribution in [0.1, 0.15) is 18.4 Å². The summed E-state index contributed by atoms with van der Waals surface area (Å²) in [6.07, 6.45) is 0.153. The standard InChI is InChI=1S/C15H19NO5/c1-19-14(17)8-7-12(13-10-20-13)16-15(18)21-9-11-5-3-2-4-6-11/h2-6,12-13H,7-10H2,1H3,(H,16,18)/t12-,13+/m0/s1. The molecule has 1 saturated heterocycles. The van der Waals surface area contributed by atoms with Crippen LogP contribution in [0.4, 0.5) is 4.79 Å². The second kappa shape index (κ2) is 7.64. The summed E-state index contributed by atoms with van der Waals surface area (Å²) >= 11 is 0. The Morgan fingerprint density at radius 1 is 1.38 bits per heavy atom. The lowest BCUT2D eigenvalue weighted by Gasteiger charge is -2.16. The SMILES string of the molecule is COC(=O)CC[C@H](NC(=O)OCc1ccccc1)[C@H]1CO1. The highest BCUT2D eigenvalue weighted by atomic mass is 16.6. The highest BCUT2D eigenvalue weighted by Crippen LogP contribution is 2.18. The molecule has 1 aromatic rings. The third-order valence-corrected chi connectivity index (χ3v) is 3.21. The van der Waals surface area contributed by atoms with Crippen LogP contribution in [0.25, 0.3) is 0 Å². The fourth-order valence-corrected chi connectivity index (χ4v) is 1.93. The number of hydrogen-bond acceptors (Lipinski definition) is 5. The second-order valence-corrected chi connectivity index (χ2v) is 4.80. The van der Waals surface area contributed by atoms with Gasteiger partial charge in [-0.05, 0) is 12.0 Å². The van der Waals surface area contributed by atoms with Crippen molar-refractivity contribution in [1.82, 2.24) is 5.32 Å². The van der Waals surface area contributed by atoms with Crippen LogP contribution in [0.15, 0.2) is 30.3 Å². The molecule has 0 aromatic heterocycles. The summed E-state index contributed by atoms with van der Waals surface area (Å²) in [5.74, 6) is -0.305. The zero-order valence-electron chi connectivity index (χ0n) is 11.9. The number of carbonyl (C=O) groups excluding carboxylic acids is 2. The molecule has 1 heterocycles. The van der Waals surface area contributed by atoms with Crippen LogP contribution in [0, 0.1) is 0 Å². The van der Waals surface area contributed by atoms with Crippen LogP contribution in [0.3, 0.4) is 0 Å². The Kier molecular flexibility index (Phi) is 5.57. The van der Waals surface area contributed by atoms with E-state index in [-0.39, 0.29) is 31.1 Å². The van der Waals surface area contributed by atoms with Gasteiger partial charge in [-0.25, -0.2) is 4.79 Å². The Morgan fingerprint density at radius 2 is 2.10 bits per heavy atom. The Labute approximate surface area is 123 Å². The quantitative estimate of drug-likeness (QED) is 0.611. The zero-order valence-corrected chi connectivity index (χ0v) is 11.9. The molecular formula is C15H19NO5. The molecule has 0 aliphatic carbocycles. The van der Waals surface area contributed by atoms with Crippen LogP contribution in [-0.4, -0.2) is 37.9 Å². The van der Waals surface area contributed by atoms with Crippen molar-refractivity contribution in [3.63, 3.8) is 0 Å². The monoisotopic (exact) mass is 293 g/mol. The number of carbonyl (C=O) groups is 2. The topological polar surface area (TPSA) is 77.2 Å². The van der Waals surface area contributed by atoms with E-state index in [2.05, 4.69) is 10.1 Å². The van der Waals surface area contributed by atoms with E-state index < -0.39 is 6.09 Å². The number of ether oxygens (including phenoxy) is 3. The molecule has 2 atom stereocenters. The maximum absolute atomic E-state index is 11.8. The van der Waals surface area contributed by atoms with Gasteiger partial charge in [0, 0.05) is 6.42 Å². The average molecular weight is 293 g/mol. The lowest BCUT2D eigenvalue weighted by Crippen LogP contribution is -2.39. The number of methoxy groups -OCH3 is 1. The smallest absolute Gasteiger partial charge is 0.407 e. The Bertz CT molecular complexity index is 472. The van der Waals surface area contributed by atoms with E-state index in [0.29, 0.717) is 13.0 Å². The molecule has 6 nitrogen and oxygen atoms in total. The van der Waals surface area contributed by atoms with Gasteiger partial charge in [0.1, 0.15) is 12.7 Å². The minimum absolute atomic E-state index is 0.0427. The predicted molar refractivity (Wildman–Crippen MR) is 74.5 cm³/mol. The van der Waals surface area contributed by atoms with E-state index in [0.717, 1.165) is 5.56 Å². The lowest BCUT2D eigenvalue weighted by molar-refractivity contribution is -0.140. The molecule has 0 saturated carbocycles. The molecule has 0 spiro atoms. The van der Waals surface area contributed by atoms with Gasteiger partial charge in [0.2, 0.25) is 0 Å². The van der Waals surface area contributed by atoms with E-state index in [9.17, 15) is 9.59 Å². The van der Waals surface area contributed by atoms with Gasteiger partial charge in [-0.1, -0.05) is 30.3 Å². The first kappa shape index (κ1) is 15.3. The van der Waals surface area contributed by atoms with Gasteiger partial charge in [-0.3, -0.25) is 4.79 Å². The van der Waals surface area contributed by atoms with Gasteiger partial charge in [-0.15, -0.1) is 0 Å². The molecule has 2 rings (SSSR count). The third kappa shape index (κ3) is 5.43. The van der Waals surface area contributed by atoms with Gasteiger partial charge in [0.15, 0.2) is 0 Å². The molecule has 21 heavy (non-hydrogen) atoms. The average Bonchev–Trinajstić information content (AvgIpc) is 3.34. The number of alkyl carbamates (subject to hydrolysis) is 1. The van der Waals surface area contributed by atoms with Gasteiger partial charge < -0.3 is 19.5 Å². The van der Waals surface area contributed by atoms with Crippen molar-refractivity contribution in [2.45, 2.75) is 31.6 Å². The van der Waals surface area contributed by atoms with Crippen molar-refractivity contribution < 1.29 is 23.8 Å². The van der Waals surface area contributed by atoms with E-state index >= 15 is 0 Å². The normalized spacial score (nSPS) is 17.7. The largest absolute Gasteiger partial charge is 0.469 e. The van der Waals surface area contributed by atoms with Crippen LogP contribution in [0.5, 0.6) is 0 Å². The van der Waals surface area contributed by atoms with Gasteiger partial charge in [0.05, 0.1) is 19.8 Å². The van der Waals surface area contributed by atoms with E-state index in [1.54, 1.807) is 0 Å². The molecule has 1 aromatic carbocycles. The second-order valence-electron chi connectivity index (χ2n) is 4.80. The highest BCUT2D eigenvalue weighted by molar-refractivity contribution is 5.70. The summed E-state index contributed by atoms with van der Waals surface area (Å²) in [7, 11) is 1.34. The van der Waals surface area contributed by atoms with Crippen LogP contribution in [-0.2, 0) is 25.6 Å². The van der Waals surface area contributed by atoms with Gasteiger partial charge >= 0.3 is 12.1 Å². The van der Waals surface area contributed by atoms with Gasteiger partial charge in [0.25, 0.3) is 0 Å². The number of epoxide rings is 1. The highest BCUT2D eigenvalue weighted by Gasteiger charge is 2.34. The van der Waals surface area contributed by atoms with E-state index in [4.69, 9.17) is 9.47 Å². The molecule has 1 amide bonds. The maximum Gasteiger partial charge on any atom is 0.407 e. The number of hydrogen-bond donors (Lipinski definition) is 1. The van der Waals surface area contributed by atoms with Crippen molar-refractivity contribution >= 4 is 12.1 Å². The molecule has 0 unspecified atom stereocenters. The number of nitrogens with one attached hydrogen (secondary N) is 1. The maximum atomic E-state index is 11.8. The minimum Gasteiger partial charge on any atom is -0.469 e. The molecule has 0 bridgehead atoms. The minimum atomic E-state index is -0.510. The lowest BCUT2D eigenvalue weighted by atomic mass is 10.1. The molecule has 6 heteroatoms. The summed E-state index contributed by atoms with van der Waals surface area (Å²) in [6, 6.07) is 9.20. The third-order valence-electron chi connectivity index (χ3n) is 3.21. The summed E-state index contributed by atoms with van der Waals surface area (Å²) in [5.41, 5.74) is 0.918. The summed E-state index contributed by atoms with van der Waals surface area (Å²) in [6.45, 7) is 0.798. The number of amides is 1. The molecule has 1 fully saturated rings. The Hall–Kier alpha value is -2.08. The summed E-state index contributed by atoms with van der Waals surface area (Å²) in [4.78, 5) is 22.9. The Morgan fingerprint density at radius 3 is 2.71 bits per heavy atom. The fourth-order valence-electron chi connectivity index (χ4n) is 1.93. The first-order chi connectivity index (χ1) is 10.2. The summed E-state index contributed by atoms with van der Waals surface area (Å²) in [5, 5.41) is 2.73. The van der Waals surface area contributed by atoms with Crippen molar-refractivity contribution in [1.29, 1.82) is 0 Å². The molecule has 114 valence electrons.